The third-order valence-corrected chi connectivity index (χ3v) is 4.66. The fourth-order valence-corrected chi connectivity index (χ4v) is 3.29. The molecule has 0 atom stereocenters. The van der Waals surface area contributed by atoms with E-state index in [-0.39, 0.29) is 23.3 Å². The zero-order chi connectivity index (χ0) is 20.2. The number of fused-ring (bicyclic) bond motifs is 1. The van der Waals surface area contributed by atoms with Gasteiger partial charge in [-0.15, -0.1) is 0 Å². The summed E-state index contributed by atoms with van der Waals surface area (Å²) in [5.41, 5.74) is 5.66. The summed E-state index contributed by atoms with van der Waals surface area (Å²) in [6.45, 7) is 1.82. The molecule has 0 saturated heterocycles. The molecule has 1 aliphatic carbocycles. The third-order valence-electron chi connectivity index (χ3n) is 4.66. The number of hydrogen-bond acceptors (Lipinski definition) is 6. The van der Waals surface area contributed by atoms with E-state index in [0.29, 0.717) is 35.6 Å². The van der Waals surface area contributed by atoms with Gasteiger partial charge in [-0.2, -0.15) is 5.10 Å². The molecule has 2 amide bonds. The Morgan fingerprint density at radius 1 is 1.07 bits per heavy atom. The summed E-state index contributed by atoms with van der Waals surface area (Å²) in [4.78, 5) is 32.8. The minimum atomic E-state index is -0.387. The number of carbonyl (C=O) groups is 2. The van der Waals surface area contributed by atoms with Crippen LogP contribution >= 0.6 is 0 Å². The Morgan fingerprint density at radius 2 is 1.90 bits per heavy atom. The normalized spacial score (nSPS) is 14.3. The van der Waals surface area contributed by atoms with Gasteiger partial charge < -0.3 is 9.73 Å². The molecule has 0 aromatic carbocycles. The van der Waals surface area contributed by atoms with Crippen molar-refractivity contribution >= 4 is 23.2 Å². The zero-order valence-corrected chi connectivity index (χ0v) is 15.8. The topological polar surface area (TPSA) is 109 Å². The van der Waals surface area contributed by atoms with Crippen molar-refractivity contribution in [2.75, 3.05) is 5.32 Å². The average Bonchev–Trinajstić information content (AvgIpc) is 3.10. The van der Waals surface area contributed by atoms with E-state index in [1.165, 1.54) is 0 Å². The molecule has 29 heavy (non-hydrogen) atoms. The lowest BCUT2D eigenvalue weighted by Gasteiger charge is -2.13. The molecule has 0 radical (unpaired) electrons. The maximum absolute atomic E-state index is 12.7. The third kappa shape index (κ3) is 3.91. The second-order valence-electron chi connectivity index (χ2n) is 6.61. The van der Waals surface area contributed by atoms with Crippen molar-refractivity contribution in [2.24, 2.45) is 5.10 Å². The number of furan rings is 1. The number of hydrazone groups is 1. The van der Waals surface area contributed by atoms with E-state index in [1.807, 2.05) is 6.92 Å². The molecule has 0 fully saturated rings. The first-order valence-electron chi connectivity index (χ1n) is 9.25. The van der Waals surface area contributed by atoms with Gasteiger partial charge in [-0.3, -0.25) is 19.6 Å². The van der Waals surface area contributed by atoms with E-state index in [4.69, 9.17) is 4.42 Å². The summed E-state index contributed by atoms with van der Waals surface area (Å²) in [5, 5.41) is 7.10. The van der Waals surface area contributed by atoms with Crippen molar-refractivity contribution in [1.29, 1.82) is 0 Å². The summed E-state index contributed by atoms with van der Waals surface area (Å²) in [6, 6.07) is 8.50. The van der Waals surface area contributed by atoms with Crippen LogP contribution in [0.1, 0.15) is 50.8 Å². The first-order chi connectivity index (χ1) is 14.1. The maximum Gasteiger partial charge on any atom is 0.291 e. The summed E-state index contributed by atoms with van der Waals surface area (Å²) >= 11 is 0. The molecule has 0 spiro atoms. The number of aryl methyl sites for hydroxylation is 1. The average molecular weight is 389 g/mol. The van der Waals surface area contributed by atoms with E-state index in [1.54, 1.807) is 48.9 Å². The molecule has 1 aliphatic rings. The van der Waals surface area contributed by atoms with Crippen molar-refractivity contribution in [3.63, 3.8) is 0 Å². The Labute approximate surface area is 167 Å². The molecule has 3 aromatic heterocycles. The summed E-state index contributed by atoms with van der Waals surface area (Å²) in [7, 11) is 0. The number of hydrogen-bond donors (Lipinski definition) is 2. The molecule has 2 N–H and O–H groups in total. The monoisotopic (exact) mass is 389 g/mol. The van der Waals surface area contributed by atoms with Gasteiger partial charge in [0.05, 0.1) is 5.71 Å². The van der Waals surface area contributed by atoms with Crippen molar-refractivity contribution in [3.05, 3.63) is 77.3 Å². The van der Waals surface area contributed by atoms with Crippen LogP contribution in [0.25, 0.3) is 0 Å². The first kappa shape index (κ1) is 18.5. The van der Waals surface area contributed by atoms with Crippen LogP contribution in [-0.4, -0.2) is 27.5 Å². The molecular weight excluding hydrogens is 370 g/mol. The summed E-state index contributed by atoms with van der Waals surface area (Å²) < 4.78 is 5.86. The Morgan fingerprint density at radius 3 is 2.66 bits per heavy atom. The number of carbonyl (C=O) groups excluding carboxylic acids is 2. The van der Waals surface area contributed by atoms with Crippen LogP contribution in [0, 0.1) is 6.92 Å². The van der Waals surface area contributed by atoms with E-state index in [0.717, 1.165) is 12.0 Å². The van der Waals surface area contributed by atoms with Crippen molar-refractivity contribution in [1.82, 2.24) is 15.4 Å². The highest BCUT2D eigenvalue weighted by Gasteiger charge is 2.28. The molecule has 8 nitrogen and oxygen atoms in total. The van der Waals surface area contributed by atoms with Gasteiger partial charge >= 0.3 is 0 Å². The van der Waals surface area contributed by atoms with Crippen LogP contribution in [0.2, 0.25) is 0 Å². The predicted molar refractivity (Wildman–Crippen MR) is 107 cm³/mol. The summed E-state index contributed by atoms with van der Waals surface area (Å²) in [6.07, 6.45) is 6.97. The minimum Gasteiger partial charge on any atom is -0.455 e. The van der Waals surface area contributed by atoms with Gasteiger partial charge in [-0.25, -0.2) is 5.43 Å². The number of pyridine rings is 2. The van der Waals surface area contributed by atoms with E-state index in [9.17, 15) is 9.59 Å². The van der Waals surface area contributed by atoms with E-state index < -0.39 is 0 Å². The van der Waals surface area contributed by atoms with Gasteiger partial charge in [0.25, 0.3) is 11.8 Å². The largest absolute Gasteiger partial charge is 0.455 e. The lowest BCUT2D eigenvalue weighted by Crippen LogP contribution is -2.22. The second-order valence-corrected chi connectivity index (χ2v) is 6.61. The fourth-order valence-electron chi connectivity index (χ4n) is 3.29. The van der Waals surface area contributed by atoms with Gasteiger partial charge in [0.1, 0.15) is 11.5 Å². The molecule has 4 rings (SSSR count). The number of anilines is 1. The smallest absolute Gasteiger partial charge is 0.291 e. The molecule has 0 saturated carbocycles. The van der Waals surface area contributed by atoms with E-state index in [2.05, 4.69) is 25.8 Å². The SMILES string of the molecule is Cc1c(C(=O)Nc2ccncc2)oc2c1/C(=N/NC(=O)c1ccccn1)CCC2. The van der Waals surface area contributed by atoms with Crippen molar-refractivity contribution in [2.45, 2.75) is 26.2 Å². The van der Waals surface area contributed by atoms with Crippen LogP contribution in [0.3, 0.4) is 0 Å². The quantitative estimate of drug-likeness (QED) is 0.667. The highest BCUT2D eigenvalue weighted by Crippen LogP contribution is 2.30. The lowest BCUT2D eigenvalue weighted by atomic mass is 9.93. The van der Waals surface area contributed by atoms with Crippen LogP contribution in [-0.2, 0) is 6.42 Å². The Balaban J connectivity index is 1.57. The van der Waals surface area contributed by atoms with Crippen LogP contribution < -0.4 is 10.7 Å². The van der Waals surface area contributed by atoms with Crippen LogP contribution in [0.4, 0.5) is 5.69 Å². The molecule has 0 bridgehead atoms. The van der Waals surface area contributed by atoms with Gasteiger partial charge in [-0.1, -0.05) is 6.07 Å². The second kappa shape index (κ2) is 8.05. The maximum atomic E-state index is 12.7. The molecule has 3 aromatic rings. The number of rotatable bonds is 4. The van der Waals surface area contributed by atoms with Crippen molar-refractivity contribution < 1.29 is 14.0 Å². The number of nitrogens with zero attached hydrogens (tertiary/aromatic N) is 3. The molecular formula is C21H19N5O3. The highest BCUT2D eigenvalue weighted by atomic mass is 16.4. The number of nitrogens with one attached hydrogen (secondary N) is 2. The van der Waals surface area contributed by atoms with E-state index >= 15 is 0 Å². The van der Waals surface area contributed by atoms with Gasteiger partial charge in [0, 0.05) is 41.8 Å². The lowest BCUT2D eigenvalue weighted by molar-refractivity contribution is 0.0948. The minimum absolute atomic E-state index is 0.248. The Kier molecular flexibility index (Phi) is 5.15. The van der Waals surface area contributed by atoms with Crippen molar-refractivity contribution in [3.8, 4) is 0 Å². The summed E-state index contributed by atoms with van der Waals surface area (Å²) in [5.74, 6) is 0.235. The Bertz CT molecular complexity index is 1070. The molecule has 0 aliphatic heterocycles. The van der Waals surface area contributed by atoms with Gasteiger partial charge in [0.2, 0.25) is 0 Å². The van der Waals surface area contributed by atoms with Gasteiger partial charge in [-0.05, 0) is 44.0 Å². The van der Waals surface area contributed by atoms with Crippen LogP contribution in [0.15, 0.2) is 58.4 Å². The number of amides is 2. The predicted octanol–water partition coefficient (Wildman–Crippen LogP) is 3.10. The Hall–Kier alpha value is -3.81. The molecule has 0 unspecified atom stereocenters. The van der Waals surface area contributed by atoms with Crippen LogP contribution in [0.5, 0.6) is 0 Å². The molecule has 146 valence electrons. The molecule has 8 heteroatoms. The molecule has 3 heterocycles. The number of aromatic nitrogens is 2. The fraction of sp³-hybridized carbons (Fsp3) is 0.190. The van der Waals surface area contributed by atoms with Gasteiger partial charge in [0.15, 0.2) is 5.76 Å². The zero-order valence-electron chi connectivity index (χ0n) is 15.8. The highest BCUT2D eigenvalue weighted by molar-refractivity contribution is 6.09. The standard InChI is InChI=1S/C21H19N5O3/c1-13-18-15(25-26-20(27)16-5-2-3-10-23-16)6-4-7-17(18)29-19(13)21(28)24-14-8-11-22-12-9-14/h2-3,5,8-12H,4,6-7H2,1H3,(H,26,27)(H,22,24,28)/b25-15+. The first-order valence-corrected chi connectivity index (χ1v) is 9.25.